The molecule has 0 spiro atoms. The number of nitrogens with one attached hydrogen (secondary N) is 1. The summed E-state index contributed by atoms with van der Waals surface area (Å²) in [6, 6.07) is 0. The number of thioether (sulfide) groups is 1. The van der Waals surface area contributed by atoms with E-state index in [0.717, 1.165) is 5.75 Å². The smallest absolute Gasteiger partial charge is 0.220 e. The molecule has 0 saturated carbocycles. The van der Waals surface area contributed by atoms with Gasteiger partial charge < -0.3 is 11.1 Å². The summed E-state index contributed by atoms with van der Waals surface area (Å²) in [6.07, 6.45) is 3.09. The summed E-state index contributed by atoms with van der Waals surface area (Å²) >= 11 is 1.85. The monoisotopic (exact) mass is 240 g/mol. The Kier molecular flexibility index (Phi) is 15.4. The fourth-order valence-corrected chi connectivity index (χ4v) is 1.84. The lowest BCUT2D eigenvalue weighted by Crippen LogP contribution is -2.29. The highest BCUT2D eigenvalue weighted by atomic mass is 35.5. The lowest BCUT2D eigenvalue weighted by molar-refractivity contribution is -0.120. The third-order valence-corrected chi connectivity index (χ3v) is 2.65. The van der Waals surface area contributed by atoms with Crippen LogP contribution in [0.3, 0.4) is 0 Å². The number of halogens is 1. The molecule has 14 heavy (non-hydrogen) atoms. The van der Waals surface area contributed by atoms with Gasteiger partial charge >= 0.3 is 0 Å². The topological polar surface area (TPSA) is 55.1 Å². The van der Waals surface area contributed by atoms with E-state index >= 15 is 0 Å². The average molecular weight is 241 g/mol. The standard InChI is InChI=1S/C9H20N2OS.ClH/c1-2-3-7-13-8-4-9(12)11-6-5-10;/h2-8,10H2,1H3,(H,11,12);1H. The summed E-state index contributed by atoms with van der Waals surface area (Å²) in [5, 5.41) is 2.75. The van der Waals surface area contributed by atoms with Crippen molar-refractivity contribution in [2.24, 2.45) is 5.73 Å². The van der Waals surface area contributed by atoms with Crippen molar-refractivity contribution in [3.8, 4) is 0 Å². The second kappa shape index (κ2) is 13.1. The first-order valence-electron chi connectivity index (χ1n) is 4.85. The molecule has 86 valence electrons. The van der Waals surface area contributed by atoms with E-state index in [0.29, 0.717) is 19.5 Å². The molecule has 0 aromatic carbocycles. The van der Waals surface area contributed by atoms with Crippen molar-refractivity contribution in [3.63, 3.8) is 0 Å². The van der Waals surface area contributed by atoms with Gasteiger partial charge in [-0.1, -0.05) is 13.3 Å². The first-order chi connectivity index (χ1) is 6.31. The lowest BCUT2D eigenvalue weighted by Gasteiger charge is -2.02. The first kappa shape index (κ1) is 16.5. The summed E-state index contributed by atoms with van der Waals surface area (Å²) in [5.74, 6) is 2.21. The number of nitrogens with two attached hydrogens (primary N) is 1. The minimum absolute atomic E-state index is 0. The number of carbonyl (C=O) groups excluding carboxylic acids is 1. The zero-order valence-corrected chi connectivity index (χ0v) is 10.4. The Labute approximate surface area is 97.0 Å². The van der Waals surface area contributed by atoms with Crippen LogP contribution in [0.5, 0.6) is 0 Å². The van der Waals surface area contributed by atoms with Crippen LogP contribution in [0.4, 0.5) is 0 Å². The van der Waals surface area contributed by atoms with Crippen LogP contribution in [0, 0.1) is 0 Å². The maximum absolute atomic E-state index is 11.1. The maximum Gasteiger partial charge on any atom is 0.220 e. The van der Waals surface area contributed by atoms with Crippen LogP contribution in [0.25, 0.3) is 0 Å². The second-order valence-corrected chi connectivity index (χ2v) is 4.08. The molecule has 3 N–H and O–H groups in total. The zero-order valence-electron chi connectivity index (χ0n) is 8.75. The van der Waals surface area contributed by atoms with Crippen LogP contribution in [0.2, 0.25) is 0 Å². The molecule has 0 heterocycles. The van der Waals surface area contributed by atoms with E-state index in [2.05, 4.69) is 12.2 Å². The SMILES string of the molecule is CCCCSCCC(=O)NCCN.Cl. The van der Waals surface area contributed by atoms with E-state index in [-0.39, 0.29) is 18.3 Å². The van der Waals surface area contributed by atoms with Crippen LogP contribution in [-0.4, -0.2) is 30.5 Å². The number of rotatable bonds is 8. The third kappa shape index (κ3) is 12.1. The van der Waals surface area contributed by atoms with Gasteiger partial charge in [0.25, 0.3) is 0 Å². The molecule has 0 radical (unpaired) electrons. The van der Waals surface area contributed by atoms with Gasteiger partial charge in [0.2, 0.25) is 5.91 Å². The van der Waals surface area contributed by atoms with Gasteiger partial charge in [0.15, 0.2) is 0 Å². The molecular formula is C9H21ClN2OS. The minimum atomic E-state index is 0. The maximum atomic E-state index is 11.1. The van der Waals surface area contributed by atoms with Gasteiger partial charge in [0, 0.05) is 25.3 Å². The van der Waals surface area contributed by atoms with Crippen LogP contribution in [-0.2, 0) is 4.79 Å². The molecule has 0 unspecified atom stereocenters. The molecule has 0 fully saturated rings. The van der Waals surface area contributed by atoms with Crippen LogP contribution < -0.4 is 11.1 Å². The third-order valence-electron chi connectivity index (χ3n) is 1.58. The molecule has 0 bridgehead atoms. The molecule has 0 rings (SSSR count). The summed E-state index contributed by atoms with van der Waals surface area (Å²) in [4.78, 5) is 11.1. The summed E-state index contributed by atoms with van der Waals surface area (Å²) in [5.41, 5.74) is 5.25. The second-order valence-electron chi connectivity index (χ2n) is 2.85. The van der Waals surface area contributed by atoms with E-state index in [1.54, 1.807) is 0 Å². The fraction of sp³-hybridized carbons (Fsp3) is 0.889. The van der Waals surface area contributed by atoms with Gasteiger partial charge in [-0.05, 0) is 12.2 Å². The van der Waals surface area contributed by atoms with Crippen LogP contribution in [0.1, 0.15) is 26.2 Å². The van der Waals surface area contributed by atoms with Gasteiger partial charge in [0.1, 0.15) is 0 Å². The molecule has 0 aromatic rings. The quantitative estimate of drug-likeness (QED) is 0.631. The van der Waals surface area contributed by atoms with Crippen LogP contribution >= 0.6 is 24.2 Å². The van der Waals surface area contributed by atoms with Gasteiger partial charge in [0.05, 0.1) is 0 Å². The van der Waals surface area contributed by atoms with Crippen molar-refractivity contribution in [2.45, 2.75) is 26.2 Å². The largest absolute Gasteiger partial charge is 0.355 e. The van der Waals surface area contributed by atoms with E-state index in [1.807, 2.05) is 11.8 Å². The van der Waals surface area contributed by atoms with Crippen molar-refractivity contribution >= 4 is 30.1 Å². The molecule has 0 atom stereocenters. The molecule has 1 amide bonds. The fourth-order valence-electron chi connectivity index (χ4n) is 0.813. The number of carbonyl (C=O) groups is 1. The number of amides is 1. The van der Waals surface area contributed by atoms with Crippen molar-refractivity contribution in [2.75, 3.05) is 24.6 Å². The van der Waals surface area contributed by atoms with E-state index in [9.17, 15) is 4.79 Å². The molecule has 0 aliphatic rings. The Morgan fingerprint density at radius 3 is 2.71 bits per heavy atom. The Balaban J connectivity index is 0. The van der Waals surface area contributed by atoms with E-state index in [4.69, 9.17) is 5.73 Å². The average Bonchev–Trinajstić information content (AvgIpc) is 2.14. The summed E-state index contributed by atoms with van der Waals surface area (Å²) in [6.45, 7) is 3.29. The minimum Gasteiger partial charge on any atom is -0.355 e. The van der Waals surface area contributed by atoms with Crippen molar-refractivity contribution in [1.29, 1.82) is 0 Å². The summed E-state index contributed by atoms with van der Waals surface area (Å²) < 4.78 is 0. The van der Waals surface area contributed by atoms with Crippen molar-refractivity contribution < 1.29 is 4.79 Å². The zero-order chi connectivity index (χ0) is 9.94. The highest BCUT2D eigenvalue weighted by molar-refractivity contribution is 7.99. The molecule has 0 saturated heterocycles. The van der Waals surface area contributed by atoms with E-state index in [1.165, 1.54) is 18.6 Å². The Morgan fingerprint density at radius 1 is 1.43 bits per heavy atom. The first-order valence-corrected chi connectivity index (χ1v) is 6.01. The van der Waals surface area contributed by atoms with E-state index < -0.39 is 0 Å². The molecule has 0 aliphatic heterocycles. The molecule has 0 aromatic heterocycles. The predicted octanol–water partition coefficient (Wildman–Crippen LogP) is 1.41. The highest BCUT2D eigenvalue weighted by Crippen LogP contribution is 2.05. The Morgan fingerprint density at radius 2 is 2.14 bits per heavy atom. The molecule has 5 heteroatoms. The van der Waals surface area contributed by atoms with Gasteiger partial charge in [-0.3, -0.25) is 4.79 Å². The van der Waals surface area contributed by atoms with Gasteiger partial charge in [-0.15, -0.1) is 12.4 Å². The Bertz CT molecular complexity index is 136. The highest BCUT2D eigenvalue weighted by Gasteiger charge is 1.98. The molecule has 0 aliphatic carbocycles. The predicted molar refractivity (Wildman–Crippen MR) is 66.2 cm³/mol. The summed E-state index contributed by atoms with van der Waals surface area (Å²) in [7, 11) is 0. The van der Waals surface area contributed by atoms with Crippen LogP contribution in [0.15, 0.2) is 0 Å². The molecular weight excluding hydrogens is 220 g/mol. The number of hydrogen-bond acceptors (Lipinski definition) is 3. The normalized spacial score (nSPS) is 9.29. The van der Waals surface area contributed by atoms with Crippen molar-refractivity contribution in [1.82, 2.24) is 5.32 Å². The molecule has 3 nitrogen and oxygen atoms in total. The Hall–Kier alpha value is 0.0700. The number of unbranched alkanes of at least 4 members (excludes halogenated alkanes) is 1. The van der Waals surface area contributed by atoms with Gasteiger partial charge in [-0.2, -0.15) is 11.8 Å². The number of hydrogen-bond donors (Lipinski definition) is 2. The van der Waals surface area contributed by atoms with Crippen molar-refractivity contribution in [3.05, 3.63) is 0 Å². The lowest BCUT2D eigenvalue weighted by atomic mass is 10.4. The van der Waals surface area contributed by atoms with Gasteiger partial charge in [-0.25, -0.2) is 0 Å².